The van der Waals surface area contributed by atoms with E-state index in [0.717, 1.165) is 49.1 Å². The lowest BCUT2D eigenvalue weighted by Crippen LogP contribution is -2.29. The minimum absolute atomic E-state index is 0.00176. The lowest BCUT2D eigenvalue weighted by Gasteiger charge is -2.19. The minimum atomic E-state index is 0.00176. The summed E-state index contributed by atoms with van der Waals surface area (Å²) < 4.78 is 0. The van der Waals surface area contributed by atoms with Crippen molar-refractivity contribution in [3.05, 3.63) is 30.0 Å². The summed E-state index contributed by atoms with van der Waals surface area (Å²) >= 11 is 0. The Morgan fingerprint density at radius 3 is 2.52 bits per heavy atom. The van der Waals surface area contributed by atoms with Gasteiger partial charge < -0.3 is 9.80 Å². The quantitative estimate of drug-likeness (QED) is 0.868. The van der Waals surface area contributed by atoms with Gasteiger partial charge in [0.15, 0.2) is 11.5 Å². The molecule has 0 unspecified atom stereocenters. The molecular weight excluding hydrogens is 264 g/mol. The molecule has 0 radical (unpaired) electrons. The number of aromatic nitrogens is 2. The zero-order valence-electron chi connectivity index (χ0n) is 12.5. The van der Waals surface area contributed by atoms with Gasteiger partial charge in [-0.05, 0) is 19.8 Å². The molecule has 0 N–H and O–H groups in total. The Balaban J connectivity index is 2.10. The average molecular weight is 284 g/mol. The van der Waals surface area contributed by atoms with Gasteiger partial charge in [0, 0.05) is 37.5 Å². The Morgan fingerprint density at radius 1 is 1.19 bits per heavy atom. The Morgan fingerprint density at radius 2 is 1.86 bits per heavy atom. The van der Waals surface area contributed by atoms with Crippen LogP contribution in [0.1, 0.15) is 30.3 Å². The van der Waals surface area contributed by atoms with Gasteiger partial charge in [0.1, 0.15) is 0 Å². The van der Waals surface area contributed by atoms with E-state index in [1.165, 1.54) is 0 Å². The van der Waals surface area contributed by atoms with Gasteiger partial charge in [-0.3, -0.25) is 4.79 Å². The van der Waals surface area contributed by atoms with E-state index in [4.69, 9.17) is 0 Å². The molecule has 110 valence electrons. The van der Waals surface area contributed by atoms with E-state index in [1.54, 1.807) is 0 Å². The molecule has 1 aliphatic heterocycles. The van der Waals surface area contributed by atoms with Crippen LogP contribution >= 0.6 is 0 Å². The topological polar surface area (TPSA) is 49.3 Å². The van der Waals surface area contributed by atoms with E-state index in [1.807, 2.05) is 41.1 Å². The molecule has 1 aromatic heterocycles. The first kappa shape index (κ1) is 13.8. The van der Waals surface area contributed by atoms with Gasteiger partial charge in [-0.2, -0.15) is 0 Å². The molecule has 1 amide bonds. The van der Waals surface area contributed by atoms with Gasteiger partial charge in [0.2, 0.25) is 0 Å². The number of carbonyl (C=O) groups is 1. The molecule has 3 rings (SSSR count). The lowest BCUT2D eigenvalue weighted by atomic mass is 10.1. The monoisotopic (exact) mass is 284 g/mol. The molecule has 2 aromatic rings. The summed E-state index contributed by atoms with van der Waals surface area (Å²) in [4.78, 5) is 16.5. The van der Waals surface area contributed by atoms with Crippen molar-refractivity contribution in [3.63, 3.8) is 0 Å². The molecule has 5 nitrogen and oxygen atoms in total. The Labute approximate surface area is 124 Å². The second-order valence-corrected chi connectivity index (χ2v) is 5.43. The predicted molar refractivity (Wildman–Crippen MR) is 83.6 cm³/mol. The molecule has 5 heteroatoms. The summed E-state index contributed by atoms with van der Waals surface area (Å²) in [6.07, 6.45) is 2.15. The van der Waals surface area contributed by atoms with Crippen molar-refractivity contribution in [3.8, 4) is 0 Å². The van der Waals surface area contributed by atoms with Crippen molar-refractivity contribution >= 4 is 22.5 Å². The third-order valence-corrected chi connectivity index (χ3v) is 4.10. The van der Waals surface area contributed by atoms with Crippen LogP contribution in [0.25, 0.3) is 10.8 Å². The number of likely N-dealkylation sites (tertiary alicyclic amines) is 1. The average Bonchev–Trinajstić information content (AvgIpc) is 3.07. The molecule has 2 heterocycles. The number of fused-ring (bicyclic) bond motifs is 1. The van der Waals surface area contributed by atoms with Crippen molar-refractivity contribution in [2.24, 2.45) is 0 Å². The molecule has 1 aliphatic rings. The summed E-state index contributed by atoms with van der Waals surface area (Å²) in [5, 5.41) is 10.4. The van der Waals surface area contributed by atoms with E-state index < -0.39 is 0 Å². The fourth-order valence-corrected chi connectivity index (χ4v) is 2.75. The van der Waals surface area contributed by atoms with Crippen LogP contribution in [-0.4, -0.2) is 47.7 Å². The lowest BCUT2D eigenvalue weighted by molar-refractivity contribution is 0.0788. The third-order valence-electron chi connectivity index (χ3n) is 4.10. The molecule has 0 bridgehead atoms. The van der Waals surface area contributed by atoms with Crippen molar-refractivity contribution < 1.29 is 4.79 Å². The number of anilines is 1. The van der Waals surface area contributed by atoms with E-state index in [2.05, 4.69) is 17.1 Å². The van der Waals surface area contributed by atoms with E-state index >= 15 is 0 Å². The second-order valence-electron chi connectivity index (χ2n) is 5.43. The van der Waals surface area contributed by atoms with Crippen LogP contribution in [-0.2, 0) is 0 Å². The SMILES string of the molecule is CCN(C)c1nnc(C(=O)N2CCCC2)c2ccccc12. The highest BCUT2D eigenvalue weighted by molar-refractivity contribution is 6.07. The second kappa shape index (κ2) is 5.68. The van der Waals surface area contributed by atoms with E-state index in [0.29, 0.717) is 5.69 Å². The first-order valence-corrected chi connectivity index (χ1v) is 7.48. The van der Waals surface area contributed by atoms with E-state index in [9.17, 15) is 4.79 Å². The van der Waals surface area contributed by atoms with Crippen LogP contribution < -0.4 is 4.90 Å². The Bertz CT molecular complexity index is 664. The number of benzene rings is 1. The molecule has 0 spiro atoms. The maximum atomic E-state index is 12.6. The number of amides is 1. The summed E-state index contributed by atoms with van der Waals surface area (Å²) in [5.41, 5.74) is 0.473. The van der Waals surface area contributed by atoms with Gasteiger partial charge >= 0.3 is 0 Å². The van der Waals surface area contributed by atoms with E-state index in [-0.39, 0.29) is 5.91 Å². The number of rotatable bonds is 3. The highest BCUT2D eigenvalue weighted by Gasteiger charge is 2.24. The first-order valence-electron chi connectivity index (χ1n) is 7.48. The van der Waals surface area contributed by atoms with Crippen molar-refractivity contribution in [2.45, 2.75) is 19.8 Å². The van der Waals surface area contributed by atoms with Gasteiger partial charge in [-0.1, -0.05) is 24.3 Å². The van der Waals surface area contributed by atoms with Crippen molar-refractivity contribution in [1.82, 2.24) is 15.1 Å². The number of hydrogen-bond acceptors (Lipinski definition) is 4. The minimum Gasteiger partial charge on any atom is -0.358 e. The molecule has 0 atom stereocenters. The third kappa shape index (κ3) is 2.44. The molecule has 0 saturated carbocycles. The molecule has 0 aliphatic carbocycles. The van der Waals surface area contributed by atoms with Gasteiger partial charge in [0.05, 0.1) is 0 Å². The number of nitrogens with zero attached hydrogens (tertiary/aromatic N) is 4. The Kier molecular flexibility index (Phi) is 3.73. The molecule has 1 fully saturated rings. The van der Waals surface area contributed by atoms with Crippen LogP contribution in [0.5, 0.6) is 0 Å². The van der Waals surface area contributed by atoms with Gasteiger partial charge in [-0.15, -0.1) is 10.2 Å². The van der Waals surface area contributed by atoms with Crippen molar-refractivity contribution in [2.75, 3.05) is 31.6 Å². The smallest absolute Gasteiger partial charge is 0.275 e. The predicted octanol–water partition coefficient (Wildman–Crippen LogP) is 2.32. The van der Waals surface area contributed by atoms with Crippen LogP contribution in [0.15, 0.2) is 24.3 Å². The highest BCUT2D eigenvalue weighted by atomic mass is 16.2. The number of hydrogen-bond donors (Lipinski definition) is 0. The fraction of sp³-hybridized carbons (Fsp3) is 0.438. The highest BCUT2D eigenvalue weighted by Crippen LogP contribution is 2.26. The summed E-state index contributed by atoms with van der Waals surface area (Å²) in [6, 6.07) is 7.88. The molecule has 21 heavy (non-hydrogen) atoms. The van der Waals surface area contributed by atoms with Crippen LogP contribution in [0.2, 0.25) is 0 Å². The standard InChI is InChI=1S/C16H20N4O/c1-3-19(2)15-13-9-5-4-8-12(13)14(17-18-15)16(21)20-10-6-7-11-20/h4-5,8-9H,3,6-7,10-11H2,1-2H3. The maximum absolute atomic E-state index is 12.6. The fourth-order valence-electron chi connectivity index (χ4n) is 2.75. The molecule has 1 aromatic carbocycles. The van der Waals surface area contributed by atoms with Crippen LogP contribution in [0.4, 0.5) is 5.82 Å². The first-order chi connectivity index (χ1) is 10.2. The zero-order valence-corrected chi connectivity index (χ0v) is 12.5. The van der Waals surface area contributed by atoms with Crippen molar-refractivity contribution in [1.29, 1.82) is 0 Å². The summed E-state index contributed by atoms with van der Waals surface area (Å²) in [7, 11) is 1.98. The normalized spacial score (nSPS) is 14.7. The van der Waals surface area contributed by atoms with Gasteiger partial charge in [0.25, 0.3) is 5.91 Å². The molecule has 1 saturated heterocycles. The summed E-state index contributed by atoms with van der Waals surface area (Å²) in [5.74, 6) is 0.827. The zero-order chi connectivity index (χ0) is 14.8. The van der Waals surface area contributed by atoms with Gasteiger partial charge in [-0.25, -0.2) is 0 Å². The largest absolute Gasteiger partial charge is 0.358 e. The molecular formula is C16H20N4O. The van der Waals surface area contributed by atoms with Crippen LogP contribution in [0, 0.1) is 0 Å². The number of carbonyl (C=O) groups excluding carboxylic acids is 1. The maximum Gasteiger partial charge on any atom is 0.275 e. The Hall–Kier alpha value is -2.17. The summed E-state index contributed by atoms with van der Waals surface area (Å²) in [6.45, 7) is 4.56. The van der Waals surface area contributed by atoms with Crippen LogP contribution in [0.3, 0.4) is 0 Å².